The number of rotatable bonds is 24. The van der Waals surface area contributed by atoms with Crippen molar-refractivity contribution in [3.63, 3.8) is 0 Å². The molecule has 0 radical (unpaired) electrons. The number of carboxylic acid groups (broad SMARTS) is 1. The number of likely N-dealkylation sites (tertiary alicyclic amines) is 1. The van der Waals surface area contributed by atoms with E-state index in [9.17, 15) is 29.1 Å². The van der Waals surface area contributed by atoms with Gasteiger partial charge in [-0.05, 0) is 60.9 Å². The number of hydrogen-bond donors (Lipinski definition) is 3. The first-order valence-electron chi connectivity index (χ1n) is 21.5. The van der Waals surface area contributed by atoms with E-state index in [1.807, 2.05) is 131 Å². The van der Waals surface area contributed by atoms with Gasteiger partial charge in [0, 0.05) is 40.8 Å². The number of carbonyl (C=O) groups is 5. The predicted molar refractivity (Wildman–Crippen MR) is 244 cm³/mol. The lowest BCUT2D eigenvalue weighted by atomic mass is 9.89. The van der Waals surface area contributed by atoms with E-state index in [0.29, 0.717) is 32.4 Å². The minimum Gasteiger partial charge on any atom is -0.480 e. The number of methoxy groups -OCH3 is 2. The van der Waals surface area contributed by atoms with E-state index in [-0.39, 0.29) is 48.3 Å². The Kier molecular flexibility index (Phi) is 20.9. The number of carboxylic acids is 1. The van der Waals surface area contributed by atoms with Crippen molar-refractivity contribution in [2.24, 2.45) is 23.7 Å². The first-order chi connectivity index (χ1) is 28.9. The fourth-order valence-corrected chi connectivity index (χ4v) is 8.97. The maximum Gasteiger partial charge on any atom is 0.326 e. The fourth-order valence-electron chi connectivity index (χ4n) is 8.68. The number of ether oxygens (including phenoxy) is 2. The van der Waals surface area contributed by atoms with E-state index in [2.05, 4.69) is 10.6 Å². The van der Waals surface area contributed by atoms with E-state index in [1.165, 1.54) is 7.11 Å². The molecule has 0 aliphatic carbocycles. The van der Waals surface area contributed by atoms with Gasteiger partial charge >= 0.3 is 5.97 Å². The van der Waals surface area contributed by atoms with Crippen molar-refractivity contribution in [3.05, 3.63) is 65.7 Å². The van der Waals surface area contributed by atoms with Crippen molar-refractivity contribution in [1.29, 1.82) is 0 Å². The van der Waals surface area contributed by atoms with Gasteiger partial charge in [0.2, 0.25) is 23.6 Å². The van der Waals surface area contributed by atoms with Crippen LogP contribution in [0.1, 0.15) is 85.3 Å². The first kappa shape index (κ1) is 51.5. The number of carbonyl (C=O) groups excluding carboxylic acids is 4. The van der Waals surface area contributed by atoms with Gasteiger partial charge < -0.3 is 38.1 Å². The number of nitrogens with one attached hydrogen (secondary N) is 2. The van der Waals surface area contributed by atoms with Crippen molar-refractivity contribution in [2.75, 3.05) is 34.9 Å². The highest BCUT2D eigenvalue weighted by molar-refractivity contribution is 14.1. The van der Waals surface area contributed by atoms with Gasteiger partial charge in [0.15, 0.2) is 23.0 Å². The van der Waals surface area contributed by atoms with Crippen LogP contribution in [0.3, 0.4) is 0 Å². The maximum absolute atomic E-state index is 14.5. The molecule has 2 unspecified atom stereocenters. The summed E-state index contributed by atoms with van der Waals surface area (Å²) in [5.41, 5.74) is 1.80. The topological polar surface area (TPSA) is 167 Å². The molecule has 4 amide bonds. The zero-order valence-electron chi connectivity index (χ0n) is 37.9. The van der Waals surface area contributed by atoms with Crippen molar-refractivity contribution >= 4 is 52.6 Å². The van der Waals surface area contributed by atoms with Gasteiger partial charge in [-0.2, -0.15) is 0 Å². The molecule has 1 aliphatic rings. The van der Waals surface area contributed by atoms with Crippen LogP contribution >= 0.6 is 23.0 Å². The van der Waals surface area contributed by atoms with Crippen LogP contribution in [0.2, 0.25) is 0 Å². The smallest absolute Gasteiger partial charge is 0.326 e. The third-order valence-electron chi connectivity index (χ3n) is 12.2. The lowest BCUT2D eigenvalue weighted by Gasteiger charge is -2.41. The Balaban J connectivity index is 1.78. The van der Waals surface area contributed by atoms with Crippen LogP contribution in [0.4, 0.5) is 0 Å². The molecule has 14 nitrogen and oxygen atoms in total. The van der Waals surface area contributed by atoms with Crippen LogP contribution in [-0.2, 0) is 46.4 Å². The number of hydrogen-bond acceptors (Lipinski definition) is 9. The van der Waals surface area contributed by atoms with Crippen LogP contribution in [0.15, 0.2) is 54.6 Å². The molecule has 9 atom stereocenters. The number of amides is 4. The van der Waals surface area contributed by atoms with E-state index in [0.717, 1.165) is 16.9 Å². The van der Waals surface area contributed by atoms with E-state index in [4.69, 9.17) is 12.5 Å². The predicted octanol–water partition coefficient (Wildman–Crippen LogP) is 5.75. The minimum absolute atomic E-state index is 0.0291. The third-order valence-corrected chi connectivity index (χ3v) is 12.7. The van der Waals surface area contributed by atoms with Gasteiger partial charge in [0.05, 0.1) is 42.7 Å². The molecule has 61 heavy (non-hydrogen) atoms. The molecular formula is C46H70IN5O9. The Morgan fingerprint density at radius 2 is 1.51 bits per heavy atom. The summed E-state index contributed by atoms with van der Waals surface area (Å²) in [6.07, 6.45) is 0.706. The molecule has 3 rings (SSSR count). The Morgan fingerprint density at radius 3 is 2.03 bits per heavy atom. The fraction of sp³-hybridized carbons (Fsp3) is 0.630. The zero-order chi connectivity index (χ0) is 45.6. The molecule has 0 saturated carbocycles. The summed E-state index contributed by atoms with van der Waals surface area (Å²) in [6, 6.07) is 13.4. The first-order valence-corrected chi connectivity index (χ1v) is 22.3. The van der Waals surface area contributed by atoms with Gasteiger partial charge in [-0.25, -0.2) is 4.79 Å². The monoisotopic (exact) mass is 963 g/mol. The summed E-state index contributed by atoms with van der Waals surface area (Å²) in [4.78, 5) is 74.0. The Morgan fingerprint density at radius 1 is 0.869 bits per heavy atom. The number of benzene rings is 2. The normalized spacial score (nSPS) is 18.1. The molecule has 1 fully saturated rings. The summed E-state index contributed by atoms with van der Waals surface area (Å²) in [6.45, 7) is 14.5. The molecule has 2 aromatic carbocycles. The summed E-state index contributed by atoms with van der Waals surface area (Å²) < 4.78 is 17.2. The van der Waals surface area contributed by atoms with Gasteiger partial charge in [-0.1, -0.05) is 97.4 Å². The Labute approximate surface area is 377 Å². The summed E-state index contributed by atoms with van der Waals surface area (Å²) in [5, 5.41) is 15.7. The quantitative estimate of drug-likeness (QED) is 0.110. The highest BCUT2D eigenvalue weighted by Gasteiger charge is 2.43. The average molecular weight is 964 g/mol. The second-order valence-corrected chi connectivity index (χ2v) is 17.7. The number of nitrogens with zero attached hydrogens (tertiary/aromatic N) is 3. The number of aliphatic carboxylic acids is 1. The van der Waals surface area contributed by atoms with Crippen molar-refractivity contribution in [2.45, 2.75) is 130 Å². The van der Waals surface area contributed by atoms with Gasteiger partial charge in [0.1, 0.15) is 17.8 Å². The largest absolute Gasteiger partial charge is 0.480 e. The van der Waals surface area contributed by atoms with Gasteiger partial charge in [-0.3, -0.25) is 24.1 Å². The third kappa shape index (κ3) is 14.1. The van der Waals surface area contributed by atoms with E-state index in [1.54, 1.807) is 30.9 Å². The van der Waals surface area contributed by atoms with Crippen LogP contribution in [0.25, 0.3) is 0 Å². The molecule has 15 heteroatoms. The molecule has 0 spiro atoms. The Hall–Kier alpha value is -3.80. The second-order valence-electron chi connectivity index (χ2n) is 17.2. The molecule has 2 aromatic rings. The van der Waals surface area contributed by atoms with Crippen molar-refractivity contribution < 1.29 is 41.6 Å². The van der Waals surface area contributed by atoms with Crippen LogP contribution in [-0.4, -0.2) is 127 Å². The Bertz CT molecular complexity index is 1710. The molecular weight excluding hydrogens is 893 g/mol. The summed E-state index contributed by atoms with van der Waals surface area (Å²) >= 11 is 1.84. The lowest BCUT2D eigenvalue weighted by Crippen LogP contribution is -2.60. The minimum atomic E-state index is -1.14. The molecule has 0 bridgehead atoms. The molecule has 0 aromatic heterocycles. The standard InChI is InChI=1S/C46H70IN5O9/c1-12-30(6)41(51(9)45(56)39(28(2)3)49-44(55)40(29(4)5)50(8)27-33-20-22-34(61-47)23-21-33)37(59-10)26-38(53)52-24-16-19-36(52)42(60-11)31(7)43(54)48-35(46(57)58)25-32-17-14-13-15-18-32/h13-15,17-18,20-23,28-31,35-37,39-42H,12,16,19,24-27H2,1-11H3,(H,48,54)(H,49,55)(H,57,58)/t30?,31-,35?,36+,37-,39+,40+,41+,42-/m1/s1. The maximum atomic E-state index is 14.5. The average Bonchev–Trinajstić information content (AvgIpc) is 3.72. The van der Waals surface area contributed by atoms with Crippen LogP contribution in [0, 0.1) is 23.7 Å². The number of likely N-dealkylation sites (N-methyl/N-ethyl adjacent to an activating group) is 2. The molecule has 1 saturated heterocycles. The molecule has 1 heterocycles. The highest BCUT2D eigenvalue weighted by Crippen LogP contribution is 2.30. The van der Waals surface area contributed by atoms with E-state index >= 15 is 0 Å². The van der Waals surface area contributed by atoms with Crippen LogP contribution < -0.4 is 13.7 Å². The molecule has 3 N–H and O–H groups in total. The van der Waals surface area contributed by atoms with Crippen molar-refractivity contribution in [3.8, 4) is 5.75 Å². The van der Waals surface area contributed by atoms with Crippen LogP contribution in [0.5, 0.6) is 5.75 Å². The SMILES string of the molecule is CCC(C)[C@@H]([C@@H](CC(=O)N1CCC[C@H]1[C@H](OC)[C@@H](C)C(=O)NC(Cc1ccccc1)C(=O)O)OC)N(C)C(=O)[C@@H](NC(=O)[C@H](C(C)C)N(C)Cc1ccc(OI)cc1)C(C)C. The summed E-state index contributed by atoms with van der Waals surface area (Å²) in [7, 11) is 6.66. The summed E-state index contributed by atoms with van der Waals surface area (Å²) in [5.74, 6) is -2.72. The molecule has 340 valence electrons. The zero-order valence-corrected chi connectivity index (χ0v) is 40.1. The second kappa shape index (κ2) is 24.7. The molecule has 1 aliphatic heterocycles. The van der Waals surface area contributed by atoms with Gasteiger partial charge in [-0.15, -0.1) is 0 Å². The lowest BCUT2D eigenvalue weighted by molar-refractivity contribution is -0.148. The van der Waals surface area contributed by atoms with Gasteiger partial charge in [0.25, 0.3) is 0 Å². The number of halogens is 1. The highest BCUT2D eigenvalue weighted by atomic mass is 127. The van der Waals surface area contributed by atoms with Crippen molar-refractivity contribution in [1.82, 2.24) is 25.3 Å². The van der Waals surface area contributed by atoms with E-state index < -0.39 is 60.2 Å².